The zero-order chi connectivity index (χ0) is 19.1. The Morgan fingerprint density at radius 2 is 1.93 bits per heavy atom. The van der Waals surface area contributed by atoms with Gasteiger partial charge >= 0.3 is 0 Å². The van der Waals surface area contributed by atoms with Crippen molar-refractivity contribution >= 4 is 50.4 Å². The summed E-state index contributed by atoms with van der Waals surface area (Å²) in [4.78, 5) is 35.3. The molecule has 0 saturated carbocycles. The Morgan fingerprint density at radius 3 is 2.67 bits per heavy atom. The molecular weight excluding hydrogens is 378 g/mol. The average molecular weight is 396 g/mol. The van der Waals surface area contributed by atoms with Gasteiger partial charge in [0, 0.05) is 37.3 Å². The maximum absolute atomic E-state index is 12.7. The standard InChI is InChI=1S/C20H17N3O2S2/c1-10-8-14(12(3)27-10)16-9-26-20(22-16)23-19(25)18(24)17-11(2)21-15-7-5-4-6-13(15)17/h4-9,21H,1-3H3,(H,22,23,25). The third kappa shape index (κ3) is 3.20. The molecule has 0 radical (unpaired) electrons. The molecule has 0 fully saturated rings. The zero-order valence-corrected chi connectivity index (χ0v) is 16.7. The molecule has 5 nitrogen and oxygen atoms in total. The minimum Gasteiger partial charge on any atom is -0.358 e. The Bertz CT molecular complexity index is 1180. The number of carbonyl (C=O) groups is 2. The maximum atomic E-state index is 12.7. The molecule has 0 aliphatic heterocycles. The number of hydrogen-bond donors (Lipinski definition) is 2. The van der Waals surface area contributed by atoms with Crippen molar-refractivity contribution in [3.05, 3.63) is 56.7 Å². The second-order valence-corrected chi connectivity index (χ2v) is 8.64. The number of ketones is 1. The van der Waals surface area contributed by atoms with Gasteiger partial charge in [0.05, 0.1) is 11.3 Å². The predicted molar refractivity (Wildman–Crippen MR) is 111 cm³/mol. The van der Waals surface area contributed by atoms with Crippen LogP contribution in [0.2, 0.25) is 0 Å². The number of aryl methyl sites for hydroxylation is 3. The quantitative estimate of drug-likeness (QED) is 0.373. The number of benzene rings is 1. The Morgan fingerprint density at radius 1 is 1.15 bits per heavy atom. The lowest BCUT2D eigenvalue weighted by molar-refractivity contribution is -0.112. The van der Waals surface area contributed by atoms with Crippen LogP contribution >= 0.6 is 22.7 Å². The number of fused-ring (bicyclic) bond motifs is 1. The van der Waals surface area contributed by atoms with Gasteiger partial charge in [0.15, 0.2) is 5.13 Å². The molecule has 3 heterocycles. The second kappa shape index (κ2) is 6.75. The van der Waals surface area contributed by atoms with Crippen molar-refractivity contribution in [2.75, 3.05) is 5.32 Å². The molecule has 2 N–H and O–H groups in total. The van der Waals surface area contributed by atoms with Crippen LogP contribution in [0.15, 0.2) is 35.7 Å². The van der Waals surface area contributed by atoms with E-state index in [2.05, 4.69) is 28.3 Å². The Balaban J connectivity index is 1.58. The summed E-state index contributed by atoms with van der Waals surface area (Å²) < 4.78 is 0. The highest BCUT2D eigenvalue weighted by molar-refractivity contribution is 7.14. The van der Waals surface area contributed by atoms with Crippen LogP contribution in [0.1, 0.15) is 25.8 Å². The van der Waals surface area contributed by atoms with Gasteiger partial charge in [0.2, 0.25) is 0 Å². The van der Waals surface area contributed by atoms with Crippen molar-refractivity contribution in [2.45, 2.75) is 20.8 Å². The first-order valence-electron chi connectivity index (χ1n) is 8.40. The highest BCUT2D eigenvalue weighted by atomic mass is 32.1. The van der Waals surface area contributed by atoms with E-state index in [9.17, 15) is 9.59 Å². The summed E-state index contributed by atoms with van der Waals surface area (Å²) in [5.74, 6) is -1.24. The molecule has 4 rings (SSSR count). The third-order valence-electron chi connectivity index (χ3n) is 4.37. The molecule has 0 bridgehead atoms. The van der Waals surface area contributed by atoms with Gasteiger partial charge in [-0.2, -0.15) is 0 Å². The number of anilines is 1. The van der Waals surface area contributed by atoms with Crippen LogP contribution < -0.4 is 5.32 Å². The largest absolute Gasteiger partial charge is 0.358 e. The number of rotatable bonds is 4. The molecule has 0 aliphatic rings. The lowest BCUT2D eigenvalue weighted by Gasteiger charge is -2.02. The molecular formula is C20H17N3O2S2. The molecule has 0 saturated heterocycles. The van der Waals surface area contributed by atoms with Gasteiger partial charge in [-0.3, -0.25) is 14.9 Å². The van der Waals surface area contributed by atoms with Crippen LogP contribution in [0, 0.1) is 20.8 Å². The number of nitrogens with one attached hydrogen (secondary N) is 2. The van der Waals surface area contributed by atoms with E-state index in [4.69, 9.17) is 0 Å². The van der Waals surface area contributed by atoms with E-state index in [1.54, 1.807) is 18.3 Å². The van der Waals surface area contributed by atoms with Crippen LogP contribution in [0.4, 0.5) is 5.13 Å². The van der Waals surface area contributed by atoms with Crippen molar-refractivity contribution in [3.8, 4) is 11.3 Å². The molecule has 7 heteroatoms. The number of nitrogens with zero attached hydrogens (tertiary/aromatic N) is 1. The van der Waals surface area contributed by atoms with Crippen LogP contribution in [0.3, 0.4) is 0 Å². The molecule has 0 atom stereocenters. The van der Waals surface area contributed by atoms with E-state index >= 15 is 0 Å². The fraction of sp³-hybridized carbons (Fsp3) is 0.150. The summed E-state index contributed by atoms with van der Waals surface area (Å²) in [7, 11) is 0. The lowest BCUT2D eigenvalue weighted by atomic mass is 10.1. The molecule has 0 spiro atoms. The van der Waals surface area contributed by atoms with Gasteiger partial charge in [-0.1, -0.05) is 18.2 Å². The highest BCUT2D eigenvalue weighted by Crippen LogP contribution is 2.32. The number of aromatic amines is 1. The normalized spacial score (nSPS) is 11.1. The van der Waals surface area contributed by atoms with Crippen LogP contribution in [0.25, 0.3) is 22.2 Å². The van der Waals surface area contributed by atoms with E-state index in [0.29, 0.717) is 16.4 Å². The fourth-order valence-corrected chi connectivity index (χ4v) is 4.82. The van der Waals surface area contributed by atoms with Crippen molar-refractivity contribution in [2.24, 2.45) is 0 Å². The van der Waals surface area contributed by atoms with Gasteiger partial charge in [0.25, 0.3) is 11.7 Å². The summed E-state index contributed by atoms with van der Waals surface area (Å²) in [6.07, 6.45) is 0. The monoisotopic (exact) mass is 395 g/mol. The number of Topliss-reactive ketones (excluding diaryl/α,β-unsaturated/α-hetero) is 1. The molecule has 0 aliphatic carbocycles. The number of hydrogen-bond acceptors (Lipinski definition) is 5. The number of H-pyrrole nitrogens is 1. The van der Waals surface area contributed by atoms with E-state index in [-0.39, 0.29) is 0 Å². The van der Waals surface area contributed by atoms with Crippen molar-refractivity contribution < 1.29 is 9.59 Å². The molecule has 3 aromatic heterocycles. The maximum Gasteiger partial charge on any atom is 0.298 e. The Kier molecular flexibility index (Phi) is 4.41. The van der Waals surface area contributed by atoms with Gasteiger partial charge in [-0.05, 0) is 32.9 Å². The fourth-order valence-electron chi connectivity index (χ4n) is 3.18. The van der Waals surface area contributed by atoms with Crippen molar-refractivity contribution in [3.63, 3.8) is 0 Å². The highest BCUT2D eigenvalue weighted by Gasteiger charge is 2.23. The number of aromatic nitrogens is 2. The predicted octanol–water partition coefficient (Wildman–Crippen LogP) is 5.10. The lowest BCUT2D eigenvalue weighted by Crippen LogP contribution is -2.23. The van der Waals surface area contributed by atoms with Crippen LogP contribution in [-0.2, 0) is 4.79 Å². The smallest absolute Gasteiger partial charge is 0.298 e. The first kappa shape index (κ1) is 17.6. The summed E-state index contributed by atoms with van der Waals surface area (Å²) in [6.45, 7) is 5.90. The number of thiazole rings is 1. The Hall–Kier alpha value is -2.77. The molecule has 1 aromatic carbocycles. The molecule has 136 valence electrons. The van der Waals surface area contributed by atoms with Gasteiger partial charge < -0.3 is 4.98 Å². The summed E-state index contributed by atoms with van der Waals surface area (Å²) in [5.41, 5.74) is 3.80. The average Bonchev–Trinajstić information content (AvgIpc) is 3.30. The van der Waals surface area contributed by atoms with Crippen molar-refractivity contribution in [1.29, 1.82) is 0 Å². The molecule has 0 unspecified atom stereocenters. The van der Waals surface area contributed by atoms with Gasteiger partial charge in [-0.25, -0.2) is 4.98 Å². The molecule has 1 amide bonds. The summed E-state index contributed by atoms with van der Waals surface area (Å²) >= 11 is 3.03. The van der Waals surface area contributed by atoms with E-state index in [1.807, 2.05) is 36.6 Å². The van der Waals surface area contributed by atoms with Crippen LogP contribution in [0.5, 0.6) is 0 Å². The van der Waals surface area contributed by atoms with E-state index < -0.39 is 11.7 Å². The topological polar surface area (TPSA) is 74.8 Å². The number of thiophene rings is 1. The SMILES string of the molecule is Cc1cc(-c2csc(NC(=O)C(=O)c3c(C)[nH]c4ccccc34)n2)c(C)s1. The molecule has 27 heavy (non-hydrogen) atoms. The first-order chi connectivity index (χ1) is 12.9. The number of para-hydroxylation sites is 1. The number of amides is 1. The number of carbonyl (C=O) groups excluding carboxylic acids is 2. The van der Waals surface area contributed by atoms with Crippen molar-refractivity contribution in [1.82, 2.24) is 9.97 Å². The summed E-state index contributed by atoms with van der Waals surface area (Å²) in [5, 5.41) is 5.71. The first-order valence-corrected chi connectivity index (χ1v) is 10.1. The van der Waals surface area contributed by atoms with E-state index in [1.165, 1.54) is 21.1 Å². The summed E-state index contributed by atoms with van der Waals surface area (Å²) in [6, 6.07) is 9.54. The zero-order valence-electron chi connectivity index (χ0n) is 15.0. The Labute approximate surface area is 164 Å². The second-order valence-electron chi connectivity index (χ2n) is 6.32. The van der Waals surface area contributed by atoms with Gasteiger partial charge in [-0.15, -0.1) is 22.7 Å². The van der Waals surface area contributed by atoms with Crippen LogP contribution in [-0.4, -0.2) is 21.7 Å². The van der Waals surface area contributed by atoms with Gasteiger partial charge in [0.1, 0.15) is 0 Å². The minimum absolute atomic E-state index is 0.407. The molecule has 4 aromatic rings. The van der Waals surface area contributed by atoms with E-state index in [0.717, 1.165) is 22.2 Å². The third-order valence-corrected chi connectivity index (χ3v) is 6.09. The minimum atomic E-state index is -0.679.